The first-order valence-electron chi connectivity index (χ1n) is 32.4. The van der Waals surface area contributed by atoms with Crippen molar-refractivity contribution in [3.63, 3.8) is 0 Å². The van der Waals surface area contributed by atoms with Gasteiger partial charge in [-0.15, -0.1) is 0 Å². The van der Waals surface area contributed by atoms with Crippen molar-refractivity contribution >= 4 is 17.9 Å². The maximum Gasteiger partial charge on any atom is 0.306 e. The topological polar surface area (TPSA) is 78.9 Å². The average molecular weight is 1050 g/mol. The van der Waals surface area contributed by atoms with Gasteiger partial charge in [-0.1, -0.05) is 293 Å². The van der Waals surface area contributed by atoms with Gasteiger partial charge in [0.1, 0.15) is 13.2 Å². The lowest BCUT2D eigenvalue weighted by atomic mass is 10.0. The van der Waals surface area contributed by atoms with E-state index in [0.29, 0.717) is 19.3 Å². The van der Waals surface area contributed by atoms with Crippen molar-refractivity contribution in [1.82, 2.24) is 0 Å². The highest BCUT2D eigenvalue weighted by Gasteiger charge is 2.19. The van der Waals surface area contributed by atoms with Gasteiger partial charge in [-0.3, -0.25) is 14.4 Å². The van der Waals surface area contributed by atoms with Crippen molar-refractivity contribution in [2.75, 3.05) is 13.2 Å². The van der Waals surface area contributed by atoms with E-state index in [-0.39, 0.29) is 31.1 Å². The molecule has 0 bridgehead atoms. The molecular formula is C69H122O6. The van der Waals surface area contributed by atoms with Crippen LogP contribution in [0.25, 0.3) is 0 Å². The molecule has 0 aliphatic carbocycles. The van der Waals surface area contributed by atoms with E-state index in [9.17, 15) is 14.4 Å². The monoisotopic (exact) mass is 1050 g/mol. The second kappa shape index (κ2) is 63.4. The Morgan fingerprint density at radius 1 is 0.280 bits per heavy atom. The van der Waals surface area contributed by atoms with Crippen LogP contribution in [0.1, 0.15) is 329 Å². The molecular weight excluding hydrogens is 925 g/mol. The van der Waals surface area contributed by atoms with Gasteiger partial charge in [0.15, 0.2) is 6.10 Å². The van der Waals surface area contributed by atoms with Crippen molar-refractivity contribution in [1.29, 1.82) is 0 Å². The molecule has 0 aromatic rings. The maximum atomic E-state index is 12.9. The Morgan fingerprint density at radius 2 is 0.520 bits per heavy atom. The van der Waals surface area contributed by atoms with Crippen LogP contribution in [0.2, 0.25) is 0 Å². The van der Waals surface area contributed by atoms with Gasteiger partial charge >= 0.3 is 17.9 Å². The fourth-order valence-corrected chi connectivity index (χ4v) is 9.35. The quantitative estimate of drug-likeness (QED) is 0.0261. The highest BCUT2D eigenvalue weighted by atomic mass is 16.6. The normalized spacial score (nSPS) is 12.5. The largest absolute Gasteiger partial charge is 0.462 e. The molecule has 1 atom stereocenters. The first kappa shape index (κ1) is 71.8. The van der Waals surface area contributed by atoms with Crippen molar-refractivity contribution in [2.45, 2.75) is 335 Å². The smallest absolute Gasteiger partial charge is 0.306 e. The number of hydrogen-bond acceptors (Lipinski definition) is 6. The summed E-state index contributed by atoms with van der Waals surface area (Å²) in [6, 6.07) is 0. The first-order valence-corrected chi connectivity index (χ1v) is 32.4. The minimum atomic E-state index is -0.786. The number of hydrogen-bond donors (Lipinski definition) is 0. The fourth-order valence-electron chi connectivity index (χ4n) is 9.35. The summed E-state index contributed by atoms with van der Waals surface area (Å²) in [4.78, 5) is 38.4. The van der Waals surface area contributed by atoms with Crippen LogP contribution in [-0.4, -0.2) is 37.2 Å². The van der Waals surface area contributed by atoms with Crippen LogP contribution in [-0.2, 0) is 28.6 Å². The summed E-state index contributed by atoms with van der Waals surface area (Å²) in [6.07, 6.45) is 81.9. The standard InChI is InChI=1S/C69H122O6/c1-4-7-10-13-16-19-22-25-28-31-34-35-36-39-41-44-47-50-53-56-59-62-68(71)74-65-66(75-69(72)63-60-57-54-51-48-45-42-38-33-30-27-24-21-18-15-12-9-6-3)64-73-67(70)61-58-55-52-49-46-43-40-37-32-29-26-23-20-17-14-11-8-5-2/h7,10,16,19,25,28,30,33-35,39,41,66H,4-6,8-9,11-15,17-18,20-24,26-27,29,31-32,36-38,40,42-65H2,1-3H3/b10-7-,19-16-,28-25-,33-30-,35-34-,41-39-. The summed E-state index contributed by atoms with van der Waals surface area (Å²) >= 11 is 0. The SMILES string of the molecule is CC/C=C\C/C=C\C/C=C\C/C=C\C/C=C\CCCCCCCC(=O)OCC(COC(=O)CCCCCCCCCCCCCCCCCCCC)OC(=O)CCCCCCCCC/C=C\CCCCCCCCC. The zero-order valence-electron chi connectivity index (χ0n) is 49.8. The van der Waals surface area contributed by atoms with E-state index >= 15 is 0 Å². The van der Waals surface area contributed by atoms with E-state index in [2.05, 4.69) is 93.7 Å². The molecule has 0 saturated heterocycles. The lowest BCUT2D eigenvalue weighted by Gasteiger charge is -2.18. The summed E-state index contributed by atoms with van der Waals surface area (Å²) in [5, 5.41) is 0. The Balaban J connectivity index is 4.40. The van der Waals surface area contributed by atoms with Crippen molar-refractivity contribution in [2.24, 2.45) is 0 Å². The third kappa shape index (κ3) is 61.6. The van der Waals surface area contributed by atoms with E-state index in [0.717, 1.165) is 109 Å². The van der Waals surface area contributed by atoms with Crippen LogP contribution >= 0.6 is 0 Å². The molecule has 0 aliphatic heterocycles. The number of rotatable bonds is 59. The van der Waals surface area contributed by atoms with Gasteiger partial charge in [0.25, 0.3) is 0 Å². The molecule has 0 fully saturated rings. The van der Waals surface area contributed by atoms with Crippen LogP contribution in [0.15, 0.2) is 72.9 Å². The Hall–Kier alpha value is -3.15. The average Bonchev–Trinajstić information content (AvgIpc) is 3.41. The lowest BCUT2D eigenvalue weighted by molar-refractivity contribution is -0.167. The van der Waals surface area contributed by atoms with E-state index in [1.165, 1.54) is 180 Å². The van der Waals surface area contributed by atoms with Gasteiger partial charge in [0, 0.05) is 19.3 Å². The van der Waals surface area contributed by atoms with E-state index in [4.69, 9.17) is 14.2 Å². The van der Waals surface area contributed by atoms with Crippen LogP contribution in [0.3, 0.4) is 0 Å². The van der Waals surface area contributed by atoms with Crippen LogP contribution in [0.4, 0.5) is 0 Å². The molecule has 0 aliphatic rings. The fraction of sp³-hybridized carbons (Fsp3) is 0.783. The predicted octanol–water partition coefficient (Wildman–Crippen LogP) is 22.1. The predicted molar refractivity (Wildman–Crippen MR) is 325 cm³/mol. The number of esters is 3. The molecule has 6 nitrogen and oxygen atoms in total. The molecule has 434 valence electrons. The highest BCUT2D eigenvalue weighted by molar-refractivity contribution is 5.71. The van der Waals surface area contributed by atoms with Crippen molar-refractivity contribution in [3.8, 4) is 0 Å². The van der Waals surface area contributed by atoms with E-state index in [1.54, 1.807) is 0 Å². The Labute approximate surface area is 465 Å². The zero-order valence-corrected chi connectivity index (χ0v) is 49.8. The summed E-state index contributed by atoms with van der Waals surface area (Å²) in [5.74, 6) is -0.886. The molecule has 0 N–H and O–H groups in total. The lowest BCUT2D eigenvalue weighted by Crippen LogP contribution is -2.30. The van der Waals surface area contributed by atoms with Gasteiger partial charge in [0.05, 0.1) is 0 Å². The number of ether oxygens (including phenoxy) is 3. The van der Waals surface area contributed by atoms with Gasteiger partial charge in [0.2, 0.25) is 0 Å². The Kier molecular flexibility index (Phi) is 60.7. The third-order valence-electron chi connectivity index (χ3n) is 14.2. The zero-order chi connectivity index (χ0) is 54.3. The van der Waals surface area contributed by atoms with Gasteiger partial charge in [-0.25, -0.2) is 0 Å². The molecule has 1 unspecified atom stereocenters. The second-order valence-corrected chi connectivity index (χ2v) is 21.6. The third-order valence-corrected chi connectivity index (χ3v) is 14.2. The number of carbonyl (C=O) groups is 3. The maximum absolute atomic E-state index is 12.9. The molecule has 0 aromatic heterocycles. The summed E-state index contributed by atoms with van der Waals surface area (Å²) in [6.45, 7) is 6.55. The molecule has 6 heteroatoms. The van der Waals surface area contributed by atoms with Gasteiger partial charge < -0.3 is 14.2 Å². The molecule has 75 heavy (non-hydrogen) atoms. The highest BCUT2D eigenvalue weighted by Crippen LogP contribution is 2.17. The summed E-state index contributed by atoms with van der Waals surface area (Å²) < 4.78 is 16.9. The number of carbonyl (C=O) groups excluding carboxylic acids is 3. The van der Waals surface area contributed by atoms with Crippen LogP contribution in [0, 0.1) is 0 Å². The van der Waals surface area contributed by atoms with Gasteiger partial charge in [-0.2, -0.15) is 0 Å². The molecule has 0 heterocycles. The summed E-state index contributed by atoms with van der Waals surface area (Å²) in [7, 11) is 0. The minimum absolute atomic E-state index is 0.0803. The van der Waals surface area contributed by atoms with E-state index in [1.807, 2.05) is 0 Å². The molecule has 0 aromatic carbocycles. The van der Waals surface area contributed by atoms with E-state index < -0.39 is 6.10 Å². The first-order chi connectivity index (χ1) is 37.0. The Morgan fingerprint density at radius 3 is 0.827 bits per heavy atom. The van der Waals surface area contributed by atoms with Crippen LogP contribution < -0.4 is 0 Å². The molecule has 0 radical (unpaired) electrons. The molecule has 0 saturated carbocycles. The molecule has 0 rings (SSSR count). The number of allylic oxidation sites excluding steroid dienone is 12. The molecule has 0 spiro atoms. The summed E-state index contributed by atoms with van der Waals surface area (Å²) in [5.41, 5.74) is 0. The van der Waals surface area contributed by atoms with Crippen molar-refractivity contribution < 1.29 is 28.6 Å². The van der Waals surface area contributed by atoms with Crippen LogP contribution in [0.5, 0.6) is 0 Å². The second-order valence-electron chi connectivity index (χ2n) is 21.6. The minimum Gasteiger partial charge on any atom is -0.462 e. The molecule has 0 amide bonds. The Bertz CT molecular complexity index is 1390. The van der Waals surface area contributed by atoms with Gasteiger partial charge in [-0.05, 0) is 89.9 Å². The van der Waals surface area contributed by atoms with Crippen molar-refractivity contribution in [3.05, 3.63) is 72.9 Å². The number of unbranched alkanes of at least 4 members (excludes halogenated alkanes) is 36.